The fourth-order valence-electron chi connectivity index (χ4n) is 4.11. The molecule has 0 heterocycles. The number of benzene rings is 2. The van der Waals surface area contributed by atoms with E-state index in [1.165, 1.54) is 0 Å². The van der Waals surface area contributed by atoms with Crippen LogP contribution in [0.3, 0.4) is 0 Å². The molecule has 0 spiro atoms. The first-order chi connectivity index (χ1) is 18.8. The number of anilines is 1. The number of aliphatic hydroxyl groups is 1. The first kappa shape index (κ1) is 31.9. The molecule has 0 saturated heterocycles. The molecule has 0 aliphatic carbocycles. The number of aryl methyl sites for hydroxylation is 2. The molecule has 0 aliphatic rings. The quantitative estimate of drug-likeness (QED) is 0.316. The van der Waals surface area contributed by atoms with Crippen LogP contribution >= 0.6 is 0 Å². The number of nitrogens with two attached hydrogens (primary N) is 1. The van der Waals surface area contributed by atoms with Gasteiger partial charge in [0.15, 0.2) is 0 Å². The van der Waals surface area contributed by atoms with Crippen molar-refractivity contribution in [3.05, 3.63) is 64.7 Å². The number of terminal acetylenes is 1. The highest BCUT2D eigenvalue weighted by molar-refractivity contribution is 6.00. The van der Waals surface area contributed by atoms with Crippen molar-refractivity contribution in [1.29, 1.82) is 0 Å². The van der Waals surface area contributed by atoms with Crippen molar-refractivity contribution in [3.63, 3.8) is 0 Å². The predicted molar refractivity (Wildman–Crippen MR) is 152 cm³/mol. The highest BCUT2D eigenvalue weighted by Gasteiger charge is 2.36. The Morgan fingerprint density at radius 2 is 1.68 bits per heavy atom. The summed E-state index contributed by atoms with van der Waals surface area (Å²) in [6.07, 6.45) is 4.26. The lowest BCUT2D eigenvalue weighted by atomic mass is 9.99. The Hall–Kier alpha value is -4.36. The standard InChI is InChI=1S/C30H38N4O6/c1-7-21-11-13-22(14-12-21)26(27(37)33-25-19(2)9-8-10-20(25)3)34(17-18-35)28(38)23(15-16-24(31)36)32-29(39)40-30(4,5)6/h1,8-14,23,26,35H,15-18H2,2-6H3,(H2,31,36)(H,32,39)(H,33,37). The molecule has 0 bridgehead atoms. The van der Waals surface area contributed by atoms with Gasteiger partial charge in [0.05, 0.1) is 6.61 Å². The zero-order valence-electron chi connectivity index (χ0n) is 23.6. The molecule has 4 amide bonds. The van der Waals surface area contributed by atoms with Crippen molar-refractivity contribution in [3.8, 4) is 12.3 Å². The molecule has 0 fully saturated rings. The van der Waals surface area contributed by atoms with Crippen LogP contribution in [0.4, 0.5) is 10.5 Å². The Morgan fingerprint density at radius 1 is 1.07 bits per heavy atom. The number of alkyl carbamates (subject to hydrolysis) is 1. The van der Waals surface area contributed by atoms with Crippen LogP contribution in [0.1, 0.15) is 61.9 Å². The summed E-state index contributed by atoms with van der Waals surface area (Å²) in [6, 6.07) is 9.60. The van der Waals surface area contributed by atoms with Crippen molar-refractivity contribution in [2.45, 2.75) is 65.1 Å². The third-order valence-electron chi connectivity index (χ3n) is 5.97. The normalized spacial score (nSPS) is 12.4. The molecule has 10 nitrogen and oxygen atoms in total. The third-order valence-corrected chi connectivity index (χ3v) is 5.97. The maximum absolute atomic E-state index is 14.0. The van der Waals surface area contributed by atoms with Crippen LogP contribution in [0, 0.1) is 26.2 Å². The Morgan fingerprint density at radius 3 is 2.17 bits per heavy atom. The lowest BCUT2D eigenvalue weighted by Gasteiger charge is -2.34. The molecule has 2 rings (SSSR count). The zero-order chi connectivity index (χ0) is 30.0. The molecule has 2 unspecified atom stereocenters. The molecule has 214 valence electrons. The molecule has 2 atom stereocenters. The molecular formula is C30H38N4O6. The number of primary amides is 1. The van der Waals surface area contributed by atoms with Crippen molar-refractivity contribution >= 4 is 29.5 Å². The fourth-order valence-corrected chi connectivity index (χ4v) is 4.11. The van der Waals surface area contributed by atoms with E-state index < -0.39 is 48.1 Å². The van der Waals surface area contributed by atoms with Gasteiger partial charge in [-0.05, 0) is 69.9 Å². The minimum atomic E-state index is -1.27. The summed E-state index contributed by atoms with van der Waals surface area (Å²) in [4.78, 5) is 53.1. The summed E-state index contributed by atoms with van der Waals surface area (Å²) in [6.45, 7) is 7.97. The van der Waals surface area contributed by atoms with Crippen molar-refractivity contribution in [1.82, 2.24) is 10.2 Å². The average Bonchev–Trinajstić information content (AvgIpc) is 2.87. The van der Waals surface area contributed by atoms with Gasteiger partial charge in [-0.3, -0.25) is 14.4 Å². The molecule has 0 saturated carbocycles. The number of rotatable bonds is 11. The lowest BCUT2D eigenvalue weighted by molar-refractivity contribution is -0.141. The second-order valence-electron chi connectivity index (χ2n) is 10.4. The van der Waals surface area contributed by atoms with E-state index in [4.69, 9.17) is 16.9 Å². The maximum atomic E-state index is 14.0. The largest absolute Gasteiger partial charge is 0.444 e. The maximum Gasteiger partial charge on any atom is 0.408 e. The zero-order valence-corrected chi connectivity index (χ0v) is 23.6. The lowest BCUT2D eigenvalue weighted by Crippen LogP contribution is -2.53. The van der Waals surface area contributed by atoms with E-state index in [1.54, 1.807) is 45.0 Å². The number of amides is 4. The monoisotopic (exact) mass is 550 g/mol. The molecule has 5 N–H and O–H groups in total. The van der Waals surface area contributed by atoms with Crippen LogP contribution in [0.2, 0.25) is 0 Å². The number of nitrogens with zero attached hydrogens (tertiary/aromatic N) is 1. The van der Waals surface area contributed by atoms with E-state index in [0.29, 0.717) is 16.8 Å². The summed E-state index contributed by atoms with van der Waals surface area (Å²) in [7, 11) is 0. The smallest absolute Gasteiger partial charge is 0.408 e. The fraction of sp³-hybridized carbons (Fsp3) is 0.400. The summed E-state index contributed by atoms with van der Waals surface area (Å²) in [5.41, 5.74) is 7.70. The SMILES string of the molecule is C#Cc1ccc(C(C(=O)Nc2c(C)cccc2C)N(CCO)C(=O)C(CCC(N)=O)NC(=O)OC(C)(C)C)cc1. The second kappa shape index (κ2) is 14.1. The molecule has 2 aromatic rings. The van der Waals surface area contributed by atoms with Gasteiger partial charge in [-0.1, -0.05) is 36.3 Å². The molecule has 10 heteroatoms. The Balaban J connectivity index is 2.56. The molecule has 0 aromatic heterocycles. The van der Waals surface area contributed by atoms with E-state index in [0.717, 1.165) is 16.0 Å². The van der Waals surface area contributed by atoms with Crippen LogP contribution in [0.25, 0.3) is 0 Å². The Kier molecular flexibility index (Phi) is 11.3. The van der Waals surface area contributed by atoms with Gasteiger partial charge in [-0.15, -0.1) is 6.42 Å². The molecule has 0 radical (unpaired) electrons. The van der Waals surface area contributed by atoms with Gasteiger partial charge >= 0.3 is 6.09 Å². The summed E-state index contributed by atoms with van der Waals surface area (Å²) >= 11 is 0. The number of para-hydroxylation sites is 1. The number of carbonyl (C=O) groups excluding carboxylic acids is 4. The summed E-state index contributed by atoms with van der Waals surface area (Å²) in [5.74, 6) is 0.592. The van der Waals surface area contributed by atoms with Gasteiger partial charge in [-0.2, -0.15) is 0 Å². The van der Waals surface area contributed by atoms with E-state index in [2.05, 4.69) is 16.6 Å². The van der Waals surface area contributed by atoms with Crippen LogP contribution in [0.15, 0.2) is 42.5 Å². The van der Waals surface area contributed by atoms with Gasteiger partial charge in [0.1, 0.15) is 17.7 Å². The van der Waals surface area contributed by atoms with Crippen molar-refractivity contribution in [2.75, 3.05) is 18.5 Å². The number of nitrogens with one attached hydrogen (secondary N) is 2. The highest BCUT2D eigenvalue weighted by Crippen LogP contribution is 2.27. The number of hydrogen-bond acceptors (Lipinski definition) is 6. The topological polar surface area (TPSA) is 151 Å². The van der Waals surface area contributed by atoms with Crippen molar-refractivity contribution < 1.29 is 29.0 Å². The van der Waals surface area contributed by atoms with Gasteiger partial charge in [0.2, 0.25) is 11.8 Å². The second-order valence-corrected chi connectivity index (χ2v) is 10.4. The minimum absolute atomic E-state index is 0.142. The molecule has 0 aliphatic heterocycles. The Bertz CT molecular complexity index is 1240. The van der Waals surface area contributed by atoms with Gasteiger partial charge in [0.25, 0.3) is 5.91 Å². The number of carbonyl (C=O) groups is 4. The first-order valence-corrected chi connectivity index (χ1v) is 12.9. The predicted octanol–water partition coefficient (Wildman–Crippen LogP) is 2.94. The first-order valence-electron chi connectivity index (χ1n) is 12.9. The van der Waals surface area contributed by atoms with Crippen LogP contribution in [0.5, 0.6) is 0 Å². The van der Waals surface area contributed by atoms with Gasteiger partial charge in [-0.25, -0.2) is 4.79 Å². The Labute approximate surface area is 235 Å². The summed E-state index contributed by atoms with van der Waals surface area (Å²) in [5, 5.41) is 15.3. The molecule has 2 aromatic carbocycles. The molecule has 40 heavy (non-hydrogen) atoms. The van der Waals surface area contributed by atoms with Crippen LogP contribution < -0.4 is 16.4 Å². The minimum Gasteiger partial charge on any atom is -0.444 e. The van der Waals surface area contributed by atoms with Gasteiger partial charge < -0.3 is 31.1 Å². The number of aliphatic hydroxyl groups excluding tert-OH is 1. The number of ether oxygens (including phenoxy) is 1. The van der Waals surface area contributed by atoms with Gasteiger partial charge in [0, 0.05) is 24.2 Å². The van der Waals surface area contributed by atoms with Crippen LogP contribution in [-0.2, 0) is 19.1 Å². The average molecular weight is 551 g/mol. The number of hydrogen-bond donors (Lipinski definition) is 4. The van der Waals surface area contributed by atoms with E-state index >= 15 is 0 Å². The summed E-state index contributed by atoms with van der Waals surface area (Å²) < 4.78 is 5.30. The molecular weight excluding hydrogens is 512 g/mol. The van der Waals surface area contributed by atoms with Crippen LogP contribution in [-0.4, -0.2) is 58.6 Å². The third kappa shape index (κ3) is 9.13. The van der Waals surface area contributed by atoms with E-state index in [1.807, 2.05) is 32.0 Å². The van der Waals surface area contributed by atoms with E-state index in [-0.39, 0.29) is 19.4 Å². The highest BCUT2D eigenvalue weighted by atomic mass is 16.6. The van der Waals surface area contributed by atoms with E-state index in [9.17, 15) is 24.3 Å². The van der Waals surface area contributed by atoms with Crippen molar-refractivity contribution in [2.24, 2.45) is 5.73 Å².